The van der Waals surface area contributed by atoms with Gasteiger partial charge >= 0.3 is 77.9 Å². The van der Waals surface area contributed by atoms with Gasteiger partial charge in [0.15, 0.2) is 0 Å². The van der Waals surface area contributed by atoms with Crippen LogP contribution in [0.5, 0.6) is 0 Å². The SMILES string of the molecule is CC(C)(C)O.CCC(C)(C)[N]=[V].OC(C(F)(F)F)(C(F)(F)F)C(F)(F)F.[CH3-]. The van der Waals surface area contributed by atoms with E-state index in [1.54, 1.807) is 20.8 Å². The van der Waals surface area contributed by atoms with Gasteiger partial charge < -0.3 is 17.6 Å². The van der Waals surface area contributed by atoms with Crippen molar-refractivity contribution in [3.05, 3.63) is 7.43 Å². The van der Waals surface area contributed by atoms with E-state index in [4.69, 9.17) is 10.2 Å². The number of rotatable bonds is 2. The molecular formula is C14H25F9NO2V-. The standard InChI is InChI=1S/C5H11N.C4HF9O.C4H10O.CH3.V/c1-4-5(2,3)6;5-2(6,7)1(14,3(8,9)10)4(11,12)13;1-4(2,3)5;;/h4H2,1-3H3;14H;5H,1-3H3;1H3;/q;;;-1;. The van der Waals surface area contributed by atoms with E-state index < -0.39 is 29.7 Å². The van der Waals surface area contributed by atoms with Crippen LogP contribution in [0.3, 0.4) is 0 Å². The first kappa shape index (κ1) is 34.2. The third-order valence-electron chi connectivity index (χ3n) is 2.37. The van der Waals surface area contributed by atoms with E-state index in [-0.39, 0.29) is 13.0 Å². The second-order valence-electron chi connectivity index (χ2n) is 6.64. The van der Waals surface area contributed by atoms with Gasteiger partial charge in [0.1, 0.15) is 0 Å². The topological polar surface area (TPSA) is 52.8 Å². The predicted octanol–water partition coefficient (Wildman–Crippen LogP) is 5.54. The average molecular weight is 461 g/mol. The van der Waals surface area contributed by atoms with Crippen molar-refractivity contribution in [1.29, 1.82) is 0 Å². The maximum atomic E-state index is 11.4. The quantitative estimate of drug-likeness (QED) is 0.420. The minimum Gasteiger partial charge on any atom is -0.367 e. The second kappa shape index (κ2) is 11.0. The molecule has 0 saturated heterocycles. The van der Waals surface area contributed by atoms with Crippen LogP contribution in [0.4, 0.5) is 39.5 Å². The van der Waals surface area contributed by atoms with Crippen molar-refractivity contribution < 1.29 is 67.0 Å². The summed E-state index contributed by atoms with van der Waals surface area (Å²) in [6.45, 7) is 11.6. The van der Waals surface area contributed by atoms with E-state index in [1.807, 2.05) is 0 Å². The minimum absolute atomic E-state index is 0. The summed E-state index contributed by atoms with van der Waals surface area (Å²) in [5.41, 5.74) is -7.01. The molecule has 0 amide bonds. The van der Waals surface area contributed by atoms with Crippen LogP contribution in [-0.2, 0) is 17.2 Å². The number of nitrogens with zero attached hydrogens (tertiary/aromatic N) is 1. The molecule has 0 aromatic heterocycles. The van der Waals surface area contributed by atoms with Gasteiger partial charge in [-0.15, -0.1) is 0 Å². The van der Waals surface area contributed by atoms with Gasteiger partial charge in [-0.1, -0.05) is 0 Å². The van der Waals surface area contributed by atoms with Crippen LogP contribution in [0.25, 0.3) is 0 Å². The van der Waals surface area contributed by atoms with Gasteiger partial charge in [0, 0.05) is 0 Å². The molecule has 0 saturated carbocycles. The fourth-order valence-electron chi connectivity index (χ4n) is 0.553. The van der Waals surface area contributed by atoms with Crippen LogP contribution in [0.2, 0.25) is 0 Å². The van der Waals surface area contributed by atoms with Crippen LogP contribution in [0.15, 0.2) is 3.79 Å². The molecule has 3 nitrogen and oxygen atoms in total. The maximum Gasteiger partial charge on any atom is 0.435 e. The molecule has 0 heterocycles. The van der Waals surface area contributed by atoms with Crippen molar-refractivity contribution in [2.24, 2.45) is 3.79 Å². The zero-order valence-electron chi connectivity index (χ0n) is 15.9. The Morgan fingerprint density at radius 3 is 0.889 bits per heavy atom. The molecule has 0 aliphatic heterocycles. The van der Waals surface area contributed by atoms with Gasteiger partial charge in [-0.3, -0.25) is 0 Å². The summed E-state index contributed by atoms with van der Waals surface area (Å²) >= 11 is 2.26. The third-order valence-corrected chi connectivity index (χ3v) is 3.21. The first-order valence-electron chi connectivity index (χ1n) is 6.88. The summed E-state index contributed by atoms with van der Waals surface area (Å²) in [5, 5.41) is 16.2. The fourth-order valence-corrected chi connectivity index (χ4v) is 0.774. The molecule has 0 aromatic carbocycles. The fraction of sp³-hybridized carbons (Fsp3) is 0.929. The molecule has 167 valence electrons. The number of alkyl halides is 9. The molecule has 0 aromatic rings. The maximum absolute atomic E-state index is 11.4. The molecule has 0 rings (SSSR count). The van der Waals surface area contributed by atoms with Crippen LogP contribution >= 0.6 is 0 Å². The van der Waals surface area contributed by atoms with Gasteiger partial charge in [-0.05, 0) is 20.8 Å². The van der Waals surface area contributed by atoms with Crippen molar-refractivity contribution in [2.45, 2.75) is 83.2 Å². The monoisotopic (exact) mass is 461 g/mol. The molecule has 0 spiro atoms. The van der Waals surface area contributed by atoms with E-state index in [2.05, 4.69) is 41.8 Å². The van der Waals surface area contributed by atoms with Gasteiger partial charge in [0.25, 0.3) is 0 Å². The Labute approximate surface area is 162 Å². The Kier molecular flexibility index (Phi) is 13.9. The smallest absolute Gasteiger partial charge is 0.367 e. The van der Waals surface area contributed by atoms with E-state index in [9.17, 15) is 39.5 Å². The second-order valence-corrected chi connectivity index (χ2v) is 6.95. The zero-order valence-corrected chi connectivity index (χ0v) is 17.3. The largest absolute Gasteiger partial charge is 0.435 e. The zero-order chi connectivity index (χ0) is 22.4. The van der Waals surface area contributed by atoms with Gasteiger partial charge in [-0.25, -0.2) is 0 Å². The molecule has 0 radical (unpaired) electrons. The summed E-state index contributed by atoms with van der Waals surface area (Å²) in [6, 6.07) is 0. The number of aliphatic hydroxyl groups is 2. The Morgan fingerprint density at radius 2 is 0.889 bits per heavy atom. The van der Waals surface area contributed by atoms with E-state index in [0.717, 1.165) is 6.42 Å². The Balaban J connectivity index is -0.000000170. The third kappa shape index (κ3) is 13.5. The number of halogens is 9. The first-order valence-corrected chi connectivity index (χ1v) is 7.51. The molecule has 0 fully saturated rings. The number of hydrogen-bond acceptors (Lipinski definition) is 3. The van der Waals surface area contributed by atoms with Crippen molar-refractivity contribution >= 4 is 0 Å². The van der Waals surface area contributed by atoms with Crippen LogP contribution in [0, 0.1) is 7.43 Å². The van der Waals surface area contributed by atoms with E-state index in [0.29, 0.717) is 0 Å². The molecule has 2 N–H and O–H groups in total. The average Bonchev–Trinajstić information content (AvgIpc) is 2.32. The molecule has 0 aliphatic rings. The van der Waals surface area contributed by atoms with Gasteiger partial charge in [-0.2, -0.15) is 39.5 Å². The summed E-state index contributed by atoms with van der Waals surface area (Å²) in [7, 11) is 0. The predicted molar refractivity (Wildman–Crippen MR) is 78.3 cm³/mol. The Morgan fingerprint density at radius 1 is 0.704 bits per heavy atom. The summed E-state index contributed by atoms with van der Waals surface area (Å²) in [4.78, 5) is 0. The van der Waals surface area contributed by atoms with E-state index in [1.165, 1.54) is 0 Å². The van der Waals surface area contributed by atoms with Crippen molar-refractivity contribution in [3.8, 4) is 0 Å². The molecule has 0 atom stereocenters. The molecule has 0 aliphatic carbocycles. The normalized spacial score (nSPS) is 13.3. The summed E-state index contributed by atoms with van der Waals surface area (Å²) in [5.74, 6) is 0. The number of hydrogen-bond donors (Lipinski definition) is 2. The van der Waals surface area contributed by atoms with Crippen molar-refractivity contribution in [2.75, 3.05) is 0 Å². The molecule has 13 heteroatoms. The summed E-state index contributed by atoms with van der Waals surface area (Å²) in [6.07, 6.45) is -19.5. The molecule has 27 heavy (non-hydrogen) atoms. The molecule has 0 bridgehead atoms. The molecule has 0 unspecified atom stereocenters. The Bertz CT molecular complexity index is 382. The van der Waals surface area contributed by atoms with Crippen molar-refractivity contribution in [1.82, 2.24) is 0 Å². The first-order chi connectivity index (χ1) is 10.9. The van der Waals surface area contributed by atoms with Gasteiger partial charge in [0.05, 0.1) is 5.60 Å². The van der Waals surface area contributed by atoms with Crippen LogP contribution in [0.1, 0.15) is 48.0 Å². The van der Waals surface area contributed by atoms with Gasteiger partial charge in [0.2, 0.25) is 0 Å². The van der Waals surface area contributed by atoms with Crippen molar-refractivity contribution in [3.63, 3.8) is 0 Å². The van der Waals surface area contributed by atoms with Crippen LogP contribution < -0.4 is 0 Å². The summed E-state index contributed by atoms with van der Waals surface area (Å²) < 4.78 is 107. The van der Waals surface area contributed by atoms with Crippen LogP contribution in [-0.4, -0.2) is 45.5 Å². The molecular weight excluding hydrogens is 436 g/mol. The Hall–Kier alpha value is -0.326. The minimum atomic E-state index is -6.87. The van der Waals surface area contributed by atoms with E-state index >= 15 is 0 Å².